The first-order valence-corrected chi connectivity index (χ1v) is 14.7. The highest BCUT2D eigenvalue weighted by Crippen LogP contribution is 2.30. The summed E-state index contributed by atoms with van der Waals surface area (Å²) in [5, 5.41) is 3.47. The zero-order valence-electron chi connectivity index (χ0n) is 25.1. The van der Waals surface area contributed by atoms with Gasteiger partial charge in [-0.3, -0.25) is 4.79 Å². The summed E-state index contributed by atoms with van der Waals surface area (Å²) in [6.45, 7) is 4.98. The number of nitrogens with one attached hydrogen (secondary N) is 1. The molecule has 3 aromatic rings. The van der Waals surface area contributed by atoms with Gasteiger partial charge in [0, 0.05) is 50.7 Å². The minimum Gasteiger partial charge on any atom is -0.496 e. The van der Waals surface area contributed by atoms with Gasteiger partial charge in [0.25, 0.3) is 5.91 Å². The van der Waals surface area contributed by atoms with E-state index < -0.39 is 0 Å². The van der Waals surface area contributed by atoms with Gasteiger partial charge < -0.3 is 33.9 Å². The molecule has 0 spiro atoms. The van der Waals surface area contributed by atoms with Crippen LogP contribution in [-0.2, 0) is 27.4 Å². The molecule has 42 heavy (non-hydrogen) atoms. The summed E-state index contributed by atoms with van der Waals surface area (Å²) in [7, 11) is 5.10. The van der Waals surface area contributed by atoms with Crippen molar-refractivity contribution in [3.63, 3.8) is 0 Å². The summed E-state index contributed by atoms with van der Waals surface area (Å²) in [5.41, 5.74) is 3.94. The predicted molar refractivity (Wildman–Crippen MR) is 163 cm³/mol. The van der Waals surface area contributed by atoms with E-state index in [1.54, 1.807) is 26.2 Å². The Bertz CT molecular complexity index is 1230. The van der Waals surface area contributed by atoms with Crippen molar-refractivity contribution in [1.82, 2.24) is 10.2 Å². The maximum Gasteiger partial charge on any atom is 0.253 e. The fourth-order valence-corrected chi connectivity index (χ4v) is 5.10. The third-order valence-corrected chi connectivity index (χ3v) is 7.50. The molecule has 0 bridgehead atoms. The van der Waals surface area contributed by atoms with Crippen molar-refractivity contribution in [3.05, 3.63) is 95.1 Å². The number of amides is 1. The second-order valence-corrected chi connectivity index (χ2v) is 10.5. The molecule has 1 amide bonds. The Hall–Kier alpha value is -3.43. The second kappa shape index (κ2) is 16.9. The Morgan fingerprint density at radius 3 is 2.60 bits per heavy atom. The molecule has 1 fully saturated rings. The van der Waals surface area contributed by atoms with Crippen LogP contribution < -0.4 is 14.8 Å². The third kappa shape index (κ3) is 9.29. The number of piperidine rings is 1. The topological polar surface area (TPSA) is 78.5 Å². The van der Waals surface area contributed by atoms with Crippen LogP contribution in [0, 0.1) is 0 Å². The zero-order chi connectivity index (χ0) is 29.6. The number of hydrogen-bond acceptors (Lipinski definition) is 7. The van der Waals surface area contributed by atoms with Crippen LogP contribution in [0.3, 0.4) is 0 Å². The lowest BCUT2D eigenvalue weighted by molar-refractivity contribution is 0.0106. The maximum absolute atomic E-state index is 12.8. The van der Waals surface area contributed by atoms with E-state index in [0.717, 1.165) is 48.6 Å². The minimum atomic E-state index is -0.0196. The van der Waals surface area contributed by atoms with Gasteiger partial charge in [-0.1, -0.05) is 42.5 Å². The molecule has 0 aromatic heterocycles. The highest BCUT2D eigenvalue weighted by atomic mass is 16.5. The van der Waals surface area contributed by atoms with E-state index in [2.05, 4.69) is 17.4 Å². The standard InChI is InChI=1S/C34H44N2O6/c1-36(18-21-38-2)34(37)28-10-6-8-26(22-28)24-42-33-23-35-17-16-31(33)27-12-14-30(15-13-27)41-20-7-19-40-25-29-9-4-5-11-32(29)39-3/h4-6,8-15,22,31,33,35H,7,16-21,23-25H2,1-3H3/t31-,33+/m1/s1. The molecule has 1 aliphatic rings. The third-order valence-electron chi connectivity index (χ3n) is 7.50. The summed E-state index contributed by atoms with van der Waals surface area (Å²) < 4.78 is 28.6. The van der Waals surface area contributed by atoms with Gasteiger partial charge in [-0.05, 0) is 54.4 Å². The molecule has 3 aromatic carbocycles. The smallest absolute Gasteiger partial charge is 0.253 e. The normalized spacial score (nSPS) is 16.6. The van der Waals surface area contributed by atoms with Crippen molar-refractivity contribution in [1.29, 1.82) is 0 Å². The molecule has 0 unspecified atom stereocenters. The number of carbonyl (C=O) groups excluding carboxylic acids is 1. The van der Waals surface area contributed by atoms with Crippen LogP contribution in [0.1, 0.15) is 45.8 Å². The molecule has 0 aliphatic carbocycles. The number of para-hydroxylation sites is 1. The van der Waals surface area contributed by atoms with Gasteiger partial charge in [0.05, 0.1) is 46.2 Å². The van der Waals surface area contributed by atoms with Crippen molar-refractivity contribution in [3.8, 4) is 11.5 Å². The molecule has 1 aliphatic heterocycles. The number of likely N-dealkylation sites (N-methyl/N-ethyl adjacent to an activating group) is 1. The van der Waals surface area contributed by atoms with Crippen LogP contribution >= 0.6 is 0 Å². The Kier molecular flexibility index (Phi) is 12.7. The lowest BCUT2D eigenvalue weighted by atomic mass is 9.87. The van der Waals surface area contributed by atoms with Crippen LogP contribution in [0.2, 0.25) is 0 Å². The van der Waals surface area contributed by atoms with Gasteiger partial charge in [-0.25, -0.2) is 0 Å². The average Bonchev–Trinajstić information content (AvgIpc) is 3.04. The minimum absolute atomic E-state index is 0.0196. The van der Waals surface area contributed by atoms with E-state index in [1.165, 1.54) is 5.56 Å². The summed E-state index contributed by atoms with van der Waals surface area (Å²) >= 11 is 0. The molecule has 1 heterocycles. The van der Waals surface area contributed by atoms with Gasteiger partial charge in [0.2, 0.25) is 0 Å². The molecular formula is C34H44N2O6. The molecule has 8 nitrogen and oxygen atoms in total. The molecule has 1 N–H and O–H groups in total. The average molecular weight is 577 g/mol. The summed E-state index contributed by atoms with van der Waals surface area (Å²) in [5.74, 6) is 1.97. The number of carbonyl (C=O) groups is 1. The number of nitrogens with zero attached hydrogens (tertiary/aromatic N) is 1. The summed E-state index contributed by atoms with van der Waals surface area (Å²) in [6, 6.07) is 24.0. The van der Waals surface area contributed by atoms with Crippen LogP contribution in [0.25, 0.3) is 0 Å². The monoisotopic (exact) mass is 576 g/mol. The number of benzene rings is 3. The van der Waals surface area contributed by atoms with Gasteiger partial charge in [0.1, 0.15) is 11.5 Å². The van der Waals surface area contributed by atoms with Gasteiger partial charge in [0.15, 0.2) is 0 Å². The molecule has 226 valence electrons. The van der Waals surface area contributed by atoms with E-state index in [1.807, 2.05) is 60.7 Å². The van der Waals surface area contributed by atoms with Crippen LogP contribution in [0.4, 0.5) is 0 Å². The van der Waals surface area contributed by atoms with Crippen molar-refractivity contribution < 1.29 is 28.5 Å². The SMILES string of the molecule is COCCN(C)C(=O)c1cccc(CO[C@H]2CNCC[C@@H]2c2ccc(OCCCOCc3ccccc3OC)cc2)c1. The second-order valence-electron chi connectivity index (χ2n) is 10.5. The van der Waals surface area contributed by atoms with E-state index in [4.69, 9.17) is 23.7 Å². The van der Waals surface area contributed by atoms with E-state index >= 15 is 0 Å². The van der Waals surface area contributed by atoms with E-state index in [-0.39, 0.29) is 17.9 Å². The quantitative estimate of drug-likeness (QED) is 0.239. The highest BCUT2D eigenvalue weighted by Gasteiger charge is 2.27. The van der Waals surface area contributed by atoms with Gasteiger partial charge in [-0.2, -0.15) is 0 Å². The van der Waals surface area contributed by atoms with Crippen molar-refractivity contribution in [2.24, 2.45) is 0 Å². The highest BCUT2D eigenvalue weighted by molar-refractivity contribution is 5.94. The maximum atomic E-state index is 12.8. The molecule has 4 rings (SSSR count). The van der Waals surface area contributed by atoms with Gasteiger partial charge >= 0.3 is 0 Å². The largest absolute Gasteiger partial charge is 0.496 e. The fourth-order valence-electron chi connectivity index (χ4n) is 5.10. The zero-order valence-corrected chi connectivity index (χ0v) is 25.1. The van der Waals surface area contributed by atoms with Crippen LogP contribution in [-0.4, -0.2) is 77.6 Å². The lowest BCUT2D eigenvalue weighted by Gasteiger charge is -2.32. The molecule has 2 atom stereocenters. The molecule has 8 heteroatoms. The first kappa shape index (κ1) is 31.5. The molecule has 1 saturated heterocycles. The predicted octanol–water partition coefficient (Wildman–Crippen LogP) is 5.06. The number of methoxy groups -OCH3 is 2. The molecule has 0 radical (unpaired) electrons. The fraction of sp³-hybridized carbons (Fsp3) is 0.441. The first-order valence-electron chi connectivity index (χ1n) is 14.7. The van der Waals surface area contributed by atoms with Crippen LogP contribution in [0.5, 0.6) is 11.5 Å². The van der Waals surface area contributed by atoms with E-state index in [0.29, 0.717) is 45.1 Å². The van der Waals surface area contributed by atoms with Crippen molar-refractivity contribution >= 4 is 5.91 Å². The van der Waals surface area contributed by atoms with E-state index in [9.17, 15) is 4.79 Å². The van der Waals surface area contributed by atoms with Crippen molar-refractivity contribution in [2.45, 2.75) is 38.1 Å². The van der Waals surface area contributed by atoms with Crippen LogP contribution in [0.15, 0.2) is 72.8 Å². The Balaban J connectivity index is 1.23. The summed E-state index contributed by atoms with van der Waals surface area (Å²) in [4.78, 5) is 14.4. The number of hydrogen-bond donors (Lipinski definition) is 1. The lowest BCUT2D eigenvalue weighted by Crippen LogP contribution is -2.41. The van der Waals surface area contributed by atoms with Gasteiger partial charge in [-0.15, -0.1) is 0 Å². The van der Waals surface area contributed by atoms with Crippen molar-refractivity contribution in [2.75, 3.05) is 60.7 Å². The number of rotatable bonds is 16. The first-order chi connectivity index (χ1) is 20.6. The number of ether oxygens (including phenoxy) is 5. The molecule has 0 saturated carbocycles. The summed E-state index contributed by atoms with van der Waals surface area (Å²) in [6.07, 6.45) is 1.84. The molecular weight excluding hydrogens is 532 g/mol. The Morgan fingerprint density at radius 2 is 1.79 bits per heavy atom. The Labute approximate surface area is 249 Å². The Morgan fingerprint density at radius 1 is 0.952 bits per heavy atom.